The van der Waals surface area contributed by atoms with Gasteiger partial charge in [0.15, 0.2) is 0 Å². The lowest BCUT2D eigenvalue weighted by molar-refractivity contribution is -0.127. The Morgan fingerprint density at radius 3 is 2.80 bits per heavy atom. The molecule has 1 saturated heterocycles. The number of amides is 1. The summed E-state index contributed by atoms with van der Waals surface area (Å²) >= 11 is 1.76. The first-order chi connectivity index (χ1) is 4.79. The van der Waals surface area contributed by atoms with Gasteiger partial charge in [-0.15, -0.1) is 11.8 Å². The number of carbonyl (C=O) groups is 1. The summed E-state index contributed by atoms with van der Waals surface area (Å²) in [5.74, 6) is 0.992. The van der Waals surface area contributed by atoms with Gasteiger partial charge in [0.2, 0.25) is 5.91 Å². The van der Waals surface area contributed by atoms with Gasteiger partial charge in [0, 0.05) is 6.54 Å². The third kappa shape index (κ3) is 1.29. The molecule has 0 bridgehead atoms. The van der Waals surface area contributed by atoms with Crippen molar-refractivity contribution in [2.45, 2.75) is 25.6 Å². The predicted molar refractivity (Wildman–Crippen MR) is 43.9 cm³/mol. The second-order valence-electron chi connectivity index (χ2n) is 2.35. The van der Waals surface area contributed by atoms with Crippen molar-refractivity contribution >= 4 is 17.7 Å². The summed E-state index contributed by atoms with van der Waals surface area (Å²) in [6.45, 7) is 5.02. The van der Waals surface area contributed by atoms with Crippen LogP contribution < -0.4 is 0 Å². The standard InChI is InChI=1S/C7H13NOS/c1-3-7-8(4-2)6(9)5-10-7/h7H,3-5H2,1-2H3. The third-order valence-electron chi connectivity index (χ3n) is 1.76. The molecule has 1 fully saturated rings. The van der Waals surface area contributed by atoms with Gasteiger partial charge in [0.1, 0.15) is 0 Å². The van der Waals surface area contributed by atoms with Gasteiger partial charge >= 0.3 is 0 Å². The first kappa shape index (κ1) is 7.92. The van der Waals surface area contributed by atoms with Gasteiger partial charge in [0.25, 0.3) is 0 Å². The topological polar surface area (TPSA) is 20.3 Å². The normalized spacial score (nSPS) is 26.0. The molecule has 1 unspecified atom stereocenters. The summed E-state index contributed by atoms with van der Waals surface area (Å²) in [7, 11) is 0. The van der Waals surface area contributed by atoms with Crippen molar-refractivity contribution in [3.05, 3.63) is 0 Å². The van der Waals surface area contributed by atoms with E-state index in [1.807, 2.05) is 11.8 Å². The minimum Gasteiger partial charge on any atom is -0.330 e. The number of nitrogens with zero attached hydrogens (tertiary/aromatic N) is 1. The molecule has 1 rings (SSSR count). The van der Waals surface area contributed by atoms with E-state index >= 15 is 0 Å². The zero-order valence-electron chi connectivity index (χ0n) is 6.46. The molecule has 0 radical (unpaired) electrons. The summed E-state index contributed by atoms with van der Waals surface area (Å²) in [6.07, 6.45) is 1.07. The van der Waals surface area contributed by atoms with Crippen molar-refractivity contribution in [2.75, 3.05) is 12.3 Å². The quantitative estimate of drug-likeness (QED) is 0.605. The lowest BCUT2D eigenvalue weighted by Crippen LogP contribution is -2.31. The van der Waals surface area contributed by atoms with Crippen LogP contribution in [0, 0.1) is 0 Å². The Morgan fingerprint density at radius 2 is 2.40 bits per heavy atom. The van der Waals surface area contributed by atoms with Crippen LogP contribution in [0.15, 0.2) is 0 Å². The fraction of sp³-hybridized carbons (Fsp3) is 0.857. The van der Waals surface area contributed by atoms with Gasteiger partial charge in [-0.2, -0.15) is 0 Å². The van der Waals surface area contributed by atoms with Crippen LogP contribution in [0.5, 0.6) is 0 Å². The van der Waals surface area contributed by atoms with Crippen molar-refractivity contribution in [3.8, 4) is 0 Å². The Bertz CT molecular complexity index is 138. The summed E-state index contributed by atoms with van der Waals surface area (Å²) in [4.78, 5) is 13.0. The SMILES string of the molecule is CCC1SCC(=O)N1CC. The van der Waals surface area contributed by atoms with Crippen molar-refractivity contribution < 1.29 is 4.79 Å². The van der Waals surface area contributed by atoms with E-state index in [0.717, 1.165) is 13.0 Å². The lowest BCUT2D eigenvalue weighted by atomic mass is 10.4. The highest BCUT2D eigenvalue weighted by atomic mass is 32.2. The molecule has 0 aromatic rings. The Hall–Kier alpha value is -0.180. The molecule has 1 aliphatic heterocycles. The Kier molecular flexibility index (Phi) is 2.60. The monoisotopic (exact) mass is 159 g/mol. The molecule has 0 aromatic carbocycles. The second kappa shape index (κ2) is 3.28. The number of hydrogen-bond acceptors (Lipinski definition) is 2. The van der Waals surface area contributed by atoms with Crippen LogP contribution in [0.1, 0.15) is 20.3 Å². The maximum absolute atomic E-state index is 11.1. The minimum atomic E-state index is 0.305. The van der Waals surface area contributed by atoms with Gasteiger partial charge in [-0.3, -0.25) is 4.79 Å². The highest BCUT2D eigenvalue weighted by Crippen LogP contribution is 2.26. The zero-order valence-corrected chi connectivity index (χ0v) is 7.28. The van der Waals surface area contributed by atoms with E-state index < -0.39 is 0 Å². The molecular formula is C7H13NOS. The van der Waals surface area contributed by atoms with Crippen LogP contribution >= 0.6 is 11.8 Å². The Balaban J connectivity index is 2.54. The maximum Gasteiger partial charge on any atom is 0.233 e. The van der Waals surface area contributed by atoms with Crippen LogP contribution in [0.4, 0.5) is 0 Å². The summed E-state index contributed by atoms with van der Waals surface area (Å²) in [5.41, 5.74) is 0. The highest BCUT2D eigenvalue weighted by molar-refractivity contribution is 8.00. The van der Waals surface area contributed by atoms with Crippen LogP contribution in [-0.4, -0.2) is 28.5 Å². The average Bonchev–Trinajstić information content (AvgIpc) is 2.30. The van der Waals surface area contributed by atoms with E-state index in [0.29, 0.717) is 17.0 Å². The van der Waals surface area contributed by atoms with Gasteiger partial charge in [0.05, 0.1) is 11.1 Å². The predicted octanol–water partition coefficient (Wildman–Crippen LogP) is 1.32. The first-order valence-electron chi connectivity index (χ1n) is 3.70. The highest BCUT2D eigenvalue weighted by Gasteiger charge is 2.28. The van der Waals surface area contributed by atoms with Crippen molar-refractivity contribution in [1.82, 2.24) is 4.90 Å². The summed E-state index contributed by atoms with van der Waals surface area (Å²) in [6, 6.07) is 0. The Labute approximate surface area is 66.0 Å². The number of hydrogen-bond donors (Lipinski definition) is 0. The Morgan fingerprint density at radius 1 is 1.70 bits per heavy atom. The molecule has 0 aliphatic carbocycles. The fourth-order valence-corrected chi connectivity index (χ4v) is 2.40. The molecule has 1 aliphatic rings. The largest absolute Gasteiger partial charge is 0.330 e. The van der Waals surface area contributed by atoms with E-state index in [-0.39, 0.29) is 0 Å². The van der Waals surface area contributed by atoms with Crippen molar-refractivity contribution in [3.63, 3.8) is 0 Å². The molecule has 1 atom stereocenters. The van der Waals surface area contributed by atoms with Crippen LogP contribution in [-0.2, 0) is 4.79 Å². The van der Waals surface area contributed by atoms with E-state index in [1.165, 1.54) is 0 Å². The molecule has 58 valence electrons. The van der Waals surface area contributed by atoms with Crippen molar-refractivity contribution in [1.29, 1.82) is 0 Å². The zero-order chi connectivity index (χ0) is 7.56. The van der Waals surface area contributed by atoms with E-state index in [4.69, 9.17) is 0 Å². The van der Waals surface area contributed by atoms with E-state index in [2.05, 4.69) is 6.92 Å². The van der Waals surface area contributed by atoms with Gasteiger partial charge < -0.3 is 4.90 Å². The first-order valence-corrected chi connectivity index (χ1v) is 4.75. The fourth-order valence-electron chi connectivity index (χ4n) is 1.22. The summed E-state index contributed by atoms with van der Waals surface area (Å²) in [5, 5.41) is 0.456. The summed E-state index contributed by atoms with van der Waals surface area (Å²) < 4.78 is 0. The number of rotatable bonds is 2. The molecule has 0 spiro atoms. The number of thioether (sulfide) groups is 1. The average molecular weight is 159 g/mol. The minimum absolute atomic E-state index is 0.305. The molecular weight excluding hydrogens is 146 g/mol. The molecule has 0 N–H and O–H groups in total. The molecule has 2 nitrogen and oxygen atoms in total. The third-order valence-corrected chi connectivity index (χ3v) is 3.14. The molecule has 1 heterocycles. The van der Waals surface area contributed by atoms with Gasteiger partial charge in [-0.25, -0.2) is 0 Å². The van der Waals surface area contributed by atoms with E-state index in [9.17, 15) is 4.79 Å². The van der Waals surface area contributed by atoms with Gasteiger partial charge in [-0.1, -0.05) is 6.92 Å². The molecule has 0 aromatic heterocycles. The van der Waals surface area contributed by atoms with Crippen LogP contribution in [0.3, 0.4) is 0 Å². The maximum atomic E-state index is 11.1. The second-order valence-corrected chi connectivity index (χ2v) is 3.52. The number of carbonyl (C=O) groups excluding carboxylic acids is 1. The molecule has 0 saturated carbocycles. The molecule has 1 amide bonds. The smallest absolute Gasteiger partial charge is 0.233 e. The molecule has 3 heteroatoms. The lowest BCUT2D eigenvalue weighted by Gasteiger charge is -2.20. The van der Waals surface area contributed by atoms with Gasteiger partial charge in [-0.05, 0) is 13.3 Å². The van der Waals surface area contributed by atoms with E-state index in [1.54, 1.807) is 11.8 Å². The van der Waals surface area contributed by atoms with Crippen LogP contribution in [0.25, 0.3) is 0 Å². The molecule has 10 heavy (non-hydrogen) atoms. The van der Waals surface area contributed by atoms with Crippen molar-refractivity contribution in [2.24, 2.45) is 0 Å². The van der Waals surface area contributed by atoms with Crippen LogP contribution in [0.2, 0.25) is 0 Å².